The maximum absolute atomic E-state index is 13.3. The van der Waals surface area contributed by atoms with Crippen LogP contribution in [0, 0.1) is 16.7 Å². The Bertz CT molecular complexity index is 1040. The molecule has 0 aliphatic rings. The van der Waals surface area contributed by atoms with Crippen LogP contribution in [0.1, 0.15) is 37.6 Å². The van der Waals surface area contributed by atoms with Gasteiger partial charge in [-0.1, -0.05) is 44.5 Å². The molecule has 3 rings (SSSR count). The van der Waals surface area contributed by atoms with Crippen LogP contribution < -0.4 is 0 Å². The van der Waals surface area contributed by atoms with Crippen LogP contribution in [-0.4, -0.2) is 9.38 Å². The Kier molecular flexibility index (Phi) is 4.69. The van der Waals surface area contributed by atoms with E-state index in [-0.39, 0.29) is 16.1 Å². The standard InChI is InChI=1S/C20H17ClF3N3/c1-19(2,3)9-16-17(13-6-4-12(10-25)5-7-13)26-18-15(21)8-14(11-27(16)18)20(22,23)24/h4-8,11H,9H2,1-3H3. The maximum Gasteiger partial charge on any atom is 0.417 e. The Hall–Kier alpha value is -2.52. The van der Waals surface area contributed by atoms with Gasteiger partial charge in [-0.3, -0.25) is 0 Å². The fourth-order valence-electron chi connectivity index (χ4n) is 2.91. The van der Waals surface area contributed by atoms with Crippen LogP contribution in [0.15, 0.2) is 36.5 Å². The number of alkyl halides is 3. The largest absolute Gasteiger partial charge is 0.417 e. The van der Waals surface area contributed by atoms with Gasteiger partial charge in [0.15, 0.2) is 5.65 Å². The number of nitriles is 1. The molecule has 0 spiro atoms. The van der Waals surface area contributed by atoms with Crippen molar-refractivity contribution in [3.63, 3.8) is 0 Å². The molecule has 3 nitrogen and oxygen atoms in total. The second kappa shape index (κ2) is 6.58. The highest BCUT2D eigenvalue weighted by Crippen LogP contribution is 2.36. The summed E-state index contributed by atoms with van der Waals surface area (Å²) in [5.41, 5.74) is 1.71. The smallest absolute Gasteiger partial charge is 0.302 e. The van der Waals surface area contributed by atoms with E-state index in [0.717, 1.165) is 17.8 Å². The Morgan fingerprint density at radius 2 is 1.78 bits per heavy atom. The van der Waals surface area contributed by atoms with Crippen molar-refractivity contribution in [3.8, 4) is 17.3 Å². The predicted octanol–water partition coefficient (Wildman–Crippen LogP) is 6.13. The highest BCUT2D eigenvalue weighted by atomic mass is 35.5. The number of aromatic nitrogens is 2. The zero-order valence-corrected chi connectivity index (χ0v) is 15.8. The molecule has 140 valence electrons. The van der Waals surface area contributed by atoms with Crippen LogP contribution in [0.3, 0.4) is 0 Å². The van der Waals surface area contributed by atoms with Gasteiger partial charge in [-0.15, -0.1) is 0 Å². The molecule has 2 heterocycles. The molecular weight excluding hydrogens is 375 g/mol. The molecule has 27 heavy (non-hydrogen) atoms. The van der Waals surface area contributed by atoms with Crippen molar-refractivity contribution in [3.05, 3.63) is 58.4 Å². The molecular formula is C20H17ClF3N3. The fraction of sp³-hybridized carbons (Fsp3) is 0.300. The lowest BCUT2D eigenvalue weighted by Crippen LogP contribution is -2.13. The van der Waals surface area contributed by atoms with Gasteiger partial charge in [0.1, 0.15) is 0 Å². The van der Waals surface area contributed by atoms with E-state index < -0.39 is 11.7 Å². The molecule has 0 fully saturated rings. The molecule has 7 heteroatoms. The Morgan fingerprint density at radius 3 is 2.30 bits per heavy atom. The van der Waals surface area contributed by atoms with E-state index >= 15 is 0 Å². The maximum atomic E-state index is 13.3. The Morgan fingerprint density at radius 1 is 1.15 bits per heavy atom. The van der Waals surface area contributed by atoms with E-state index in [2.05, 4.69) is 4.98 Å². The van der Waals surface area contributed by atoms with E-state index in [1.807, 2.05) is 26.8 Å². The normalized spacial score (nSPS) is 12.4. The summed E-state index contributed by atoms with van der Waals surface area (Å²) >= 11 is 6.13. The molecule has 3 aromatic rings. The summed E-state index contributed by atoms with van der Waals surface area (Å²) in [5, 5.41) is 8.91. The number of pyridine rings is 1. The third-order valence-electron chi connectivity index (χ3n) is 4.09. The summed E-state index contributed by atoms with van der Waals surface area (Å²) in [6, 6.07) is 9.74. The number of hydrogen-bond acceptors (Lipinski definition) is 2. The van der Waals surface area contributed by atoms with Crippen LogP contribution >= 0.6 is 11.6 Å². The molecule has 0 aliphatic heterocycles. The van der Waals surface area contributed by atoms with Crippen molar-refractivity contribution in [2.45, 2.75) is 33.4 Å². The number of benzene rings is 1. The zero-order chi connectivity index (χ0) is 20.0. The summed E-state index contributed by atoms with van der Waals surface area (Å²) in [4.78, 5) is 4.53. The first kappa shape index (κ1) is 19.2. The molecule has 0 aliphatic carbocycles. The average molecular weight is 392 g/mol. The number of halogens is 4. The summed E-state index contributed by atoms with van der Waals surface area (Å²) in [6.45, 7) is 6.01. The molecule has 0 amide bonds. The molecule has 2 aromatic heterocycles. The van der Waals surface area contributed by atoms with Crippen LogP contribution in [0.5, 0.6) is 0 Å². The molecule has 0 radical (unpaired) electrons. The highest BCUT2D eigenvalue weighted by Gasteiger charge is 2.33. The van der Waals surface area contributed by atoms with E-state index in [1.165, 1.54) is 4.40 Å². The average Bonchev–Trinajstić information content (AvgIpc) is 2.92. The monoisotopic (exact) mass is 391 g/mol. The van der Waals surface area contributed by atoms with E-state index in [0.29, 0.717) is 23.4 Å². The van der Waals surface area contributed by atoms with E-state index in [1.54, 1.807) is 24.3 Å². The van der Waals surface area contributed by atoms with Gasteiger partial charge in [-0.05, 0) is 30.0 Å². The molecule has 0 saturated carbocycles. The van der Waals surface area contributed by atoms with E-state index in [9.17, 15) is 13.2 Å². The third kappa shape index (κ3) is 3.93. The molecule has 0 N–H and O–H groups in total. The van der Waals surface area contributed by atoms with Gasteiger partial charge in [0, 0.05) is 11.8 Å². The Balaban J connectivity index is 2.30. The quantitative estimate of drug-likeness (QED) is 0.527. The second-order valence-electron chi connectivity index (χ2n) is 7.60. The molecule has 0 unspecified atom stereocenters. The van der Waals surface area contributed by atoms with Crippen molar-refractivity contribution in [1.29, 1.82) is 5.26 Å². The lowest BCUT2D eigenvalue weighted by molar-refractivity contribution is -0.137. The molecule has 0 bridgehead atoms. The first-order valence-corrected chi connectivity index (χ1v) is 8.65. The molecule has 1 aromatic carbocycles. The van der Waals surface area contributed by atoms with Crippen LogP contribution in [0.2, 0.25) is 5.02 Å². The van der Waals surface area contributed by atoms with Crippen molar-refractivity contribution < 1.29 is 13.2 Å². The van der Waals surface area contributed by atoms with Crippen molar-refractivity contribution in [1.82, 2.24) is 9.38 Å². The first-order chi connectivity index (χ1) is 12.5. The van der Waals surface area contributed by atoms with Gasteiger partial charge in [0.05, 0.1) is 33.6 Å². The minimum Gasteiger partial charge on any atom is -0.302 e. The van der Waals surface area contributed by atoms with Crippen LogP contribution in [-0.2, 0) is 12.6 Å². The molecule has 0 atom stereocenters. The van der Waals surface area contributed by atoms with Gasteiger partial charge in [0.2, 0.25) is 0 Å². The summed E-state index contributed by atoms with van der Waals surface area (Å²) < 4.78 is 41.2. The summed E-state index contributed by atoms with van der Waals surface area (Å²) in [7, 11) is 0. The zero-order valence-electron chi connectivity index (χ0n) is 15.0. The number of imidazole rings is 1. The van der Waals surface area contributed by atoms with Crippen molar-refractivity contribution in [2.24, 2.45) is 5.41 Å². The van der Waals surface area contributed by atoms with Crippen molar-refractivity contribution >= 4 is 17.2 Å². The van der Waals surface area contributed by atoms with Gasteiger partial charge in [0.25, 0.3) is 0 Å². The number of nitrogens with zero attached hydrogens (tertiary/aromatic N) is 3. The van der Waals surface area contributed by atoms with Crippen LogP contribution in [0.25, 0.3) is 16.9 Å². The Labute approximate surface area is 160 Å². The third-order valence-corrected chi connectivity index (χ3v) is 4.36. The summed E-state index contributed by atoms with van der Waals surface area (Å²) in [6.07, 6.45) is -2.96. The lowest BCUT2D eigenvalue weighted by atomic mass is 9.89. The summed E-state index contributed by atoms with van der Waals surface area (Å²) in [5.74, 6) is 0. The fourth-order valence-corrected chi connectivity index (χ4v) is 3.16. The SMILES string of the molecule is CC(C)(C)Cc1c(-c2ccc(C#N)cc2)nc2c(Cl)cc(C(F)(F)F)cn12. The minimum atomic E-state index is -4.50. The minimum absolute atomic E-state index is 0.0557. The van der Waals surface area contributed by atoms with Gasteiger partial charge in [-0.25, -0.2) is 4.98 Å². The number of rotatable bonds is 2. The van der Waals surface area contributed by atoms with E-state index in [4.69, 9.17) is 16.9 Å². The number of hydrogen-bond donors (Lipinski definition) is 0. The van der Waals surface area contributed by atoms with Gasteiger partial charge < -0.3 is 4.40 Å². The lowest BCUT2D eigenvalue weighted by Gasteiger charge is -2.19. The van der Waals surface area contributed by atoms with Gasteiger partial charge in [-0.2, -0.15) is 18.4 Å². The molecule has 0 saturated heterocycles. The first-order valence-electron chi connectivity index (χ1n) is 8.28. The van der Waals surface area contributed by atoms with Crippen molar-refractivity contribution in [2.75, 3.05) is 0 Å². The van der Waals surface area contributed by atoms with Crippen LogP contribution in [0.4, 0.5) is 13.2 Å². The van der Waals surface area contributed by atoms with Gasteiger partial charge >= 0.3 is 6.18 Å². The highest BCUT2D eigenvalue weighted by molar-refractivity contribution is 6.33. The number of fused-ring (bicyclic) bond motifs is 1. The second-order valence-corrected chi connectivity index (χ2v) is 8.01. The topological polar surface area (TPSA) is 41.1 Å². The predicted molar refractivity (Wildman–Crippen MR) is 98.5 cm³/mol.